The molecule has 3 N–H and O–H groups in total. The molecule has 0 unspecified atom stereocenters. The van der Waals surface area contributed by atoms with Crippen molar-refractivity contribution in [2.45, 2.75) is 18.9 Å². The van der Waals surface area contributed by atoms with E-state index in [1.54, 1.807) is 18.2 Å². The van der Waals surface area contributed by atoms with Gasteiger partial charge in [0.15, 0.2) is 5.78 Å². The third-order valence-electron chi connectivity index (χ3n) is 6.66. The molecule has 0 bridgehead atoms. The number of piperidine rings is 1. The van der Waals surface area contributed by atoms with Gasteiger partial charge in [0.05, 0.1) is 31.1 Å². The summed E-state index contributed by atoms with van der Waals surface area (Å²) in [4.78, 5) is 39.4. The van der Waals surface area contributed by atoms with E-state index >= 15 is 0 Å². The van der Waals surface area contributed by atoms with Crippen LogP contribution in [0.2, 0.25) is 0 Å². The molecule has 1 aliphatic carbocycles. The van der Waals surface area contributed by atoms with E-state index in [-0.39, 0.29) is 23.7 Å². The standard InChI is InChI=1S/C28H27N3O4.ClHO/c1-35-28(34)23-8-4-5-9-25(23)29-18-12-14-31(15-13-18)17-26(32)30-19-10-11-22-24(16-19)20-6-2-3-7-21(20)27(22)33;1-2/h2-11,16,18,29H,12-15,17H2,1H3,(H,30,32);2H. The number of nitrogens with one attached hydrogen (secondary N) is 2. The van der Waals surface area contributed by atoms with Crippen molar-refractivity contribution < 1.29 is 23.8 Å². The number of halogens is 1. The summed E-state index contributed by atoms with van der Waals surface area (Å²) < 4.78 is 11.3. The minimum atomic E-state index is -0.360. The number of ketones is 1. The molecule has 0 atom stereocenters. The highest BCUT2D eigenvalue weighted by Gasteiger charge is 2.27. The van der Waals surface area contributed by atoms with Crippen molar-refractivity contribution in [2.75, 3.05) is 37.4 Å². The molecule has 2 aliphatic rings. The second-order valence-electron chi connectivity index (χ2n) is 8.92. The largest absolute Gasteiger partial charge is 0.465 e. The van der Waals surface area contributed by atoms with E-state index in [4.69, 9.17) is 9.40 Å². The molecule has 8 nitrogen and oxygen atoms in total. The van der Waals surface area contributed by atoms with Gasteiger partial charge in [-0.15, -0.1) is 0 Å². The summed E-state index contributed by atoms with van der Waals surface area (Å²) in [5.74, 6) is -0.411. The van der Waals surface area contributed by atoms with Crippen LogP contribution in [0, 0.1) is 0 Å². The molecule has 1 fully saturated rings. The van der Waals surface area contributed by atoms with E-state index < -0.39 is 0 Å². The third-order valence-corrected chi connectivity index (χ3v) is 6.66. The van der Waals surface area contributed by atoms with Crippen LogP contribution in [0.1, 0.15) is 39.1 Å². The number of rotatable bonds is 6. The Morgan fingerprint density at radius 2 is 1.59 bits per heavy atom. The van der Waals surface area contributed by atoms with Crippen molar-refractivity contribution in [1.82, 2.24) is 4.90 Å². The van der Waals surface area contributed by atoms with E-state index in [1.165, 1.54) is 7.11 Å². The first-order chi connectivity index (χ1) is 18.0. The quantitative estimate of drug-likeness (QED) is 0.324. The van der Waals surface area contributed by atoms with Gasteiger partial charge in [-0.25, -0.2) is 4.79 Å². The summed E-state index contributed by atoms with van der Waals surface area (Å²) >= 11 is 3.64. The fraction of sp³-hybridized carbons (Fsp3) is 0.250. The molecule has 192 valence electrons. The monoisotopic (exact) mass is 521 g/mol. The summed E-state index contributed by atoms with van der Waals surface area (Å²) in [6.07, 6.45) is 1.72. The van der Waals surface area contributed by atoms with Gasteiger partial charge in [0, 0.05) is 41.6 Å². The van der Waals surface area contributed by atoms with Gasteiger partial charge in [-0.05, 0) is 54.3 Å². The van der Waals surface area contributed by atoms with Crippen LogP contribution in [0.15, 0.2) is 66.7 Å². The van der Waals surface area contributed by atoms with Crippen LogP contribution in [0.25, 0.3) is 11.1 Å². The van der Waals surface area contributed by atoms with Crippen molar-refractivity contribution in [2.24, 2.45) is 0 Å². The molecular formula is C28H28ClN3O5. The Balaban J connectivity index is 0.00000156. The van der Waals surface area contributed by atoms with Crippen LogP contribution in [0.5, 0.6) is 0 Å². The Labute approximate surface area is 220 Å². The Hall–Kier alpha value is -3.72. The zero-order valence-electron chi connectivity index (χ0n) is 20.4. The van der Waals surface area contributed by atoms with Crippen LogP contribution >= 0.6 is 11.9 Å². The molecule has 0 radical (unpaired) electrons. The Kier molecular flexibility index (Phi) is 8.55. The molecule has 3 aromatic rings. The number of methoxy groups -OCH3 is 1. The van der Waals surface area contributed by atoms with Crippen LogP contribution in [0.3, 0.4) is 0 Å². The fourth-order valence-corrected chi connectivity index (χ4v) is 4.86. The third kappa shape index (κ3) is 5.83. The van der Waals surface area contributed by atoms with E-state index in [1.807, 2.05) is 48.5 Å². The van der Waals surface area contributed by atoms with Crippen LogP contribution in [0.4, 0.5) is 11.4 Å². The minimum Gasteiger partial charge on any atom is -0.465 e. The molecule has 0 spiro atoms. The molecule has 3 aromatic carbocycles. The number of anilines is 2. The van der Waals surface area contributed by atoms with Crippen molar-refractivity contribution in [3.63, 3.8) is 0 Å². The number of hydrogen-bond acceptors (Lipinski definition) is 7. The highest BCUT2D eigenvalue weighted by molar-refractivity contribution is 6.22. The maximum Gasteiger partial charge on any atom is 0.339 e. The van der Waals surface area contributed by atoms with E-state index in [0.29, 0.717) is 28.9 Å². The molecular weight excluding hydrogens is 494 g/mol. The van der Waals surface area contributed by atoms with Crippen LogP contribution < -0.4 is 10.6 Å². The average Bonchev–Trinajstić information content (AvgIpc) is 3.22. The van der Waals surface area contributed by atoms with Gasteiger partial charge in [0.1, 0.15) is 0 Å². The van der Waals surface area contributed by atoms with Crippen LogP contribution in [-0.2, 0) is 9.53 Å². The summed E-state index contributed by atoms with van der Waals surface area (Å²) in [7, 11) is 1.38. The number of fused-ring (bicyclic) bond motifs is 3. The Morgan fingerprint density at radius 3 is 2.32 bits per heavy atom. The molecule has 5 rings (SSSR count). The van der Waals surface area contributed by atoms with E-state index in [2.05, 4.69) is 27.4 Å². The molecule has 9 heteroatoms. The first-order valence-electron chi connectivity index (χ1n) is 11.9. The van der Waals surface area contributed by atoms with Crippen molar-refractivity contribution in [1.29, 1.82) is 0 Å². The van der Waals surface area contributed by atoms with E-state index in [9.17, 15) is 14.4 Å². The Bertz CT molecular complexity index is 1300. The van der Waals surface area contributed by atoms with Crippen molar-refractivity contribution >= 4 is 40.9 Å². The minimum absolute atomic E-state index is 0.0270. The number of para-hydroxylation sites is 1. The summed E-state index contributed by atoms with van der Waals surface area (Å²) in [5.41, 5.74) is 5.13. The number of benzene rings is 3. The van der Waals surface area contributed by atoms with E-state index in [0.717, 1.165) is 42.7 Å². The first kappa shape index (κ1) is 26.3. The summed E-state index contributed by atoms with van der Waals surface area (Å²) in [6.45, 7) is 1.85. The van der Waals surface area contributed by atoms with Gasteiger partial charge >= 0.3 is 5.97 Å². The summed E-state index contributed by atoms with van der Waals surface area (Å²) in [5, 5.41) is 6.44. The highest BCUT2D eigenvalue weighted by atomic mass is 35.5. The van der Waals surface area contributed by atoms with Gasteiger partial charge < -0.3 is 15.4 Å². The van der Waals surface area contributed by atoms with Gasteiger partial charge in [0.25, 0.3) is 0 Å². The number of ether oxygens (including phenoxy) is 1. The van der Waals surface area contributed by atoms with Gasteiger partial charge in [-0.3, -0.25) is 19.1 Å². The van der Waals surface area contributed by atoms with Gasteiger partial charge in [-0.1, -0.05) is 36.4 Å². The number of hydrogen-bond donors (Lipinski definition) is 3. The lowest BCUT2D eigenvalue weighted by molar-refractivity contribution is -0.117. The lowest BCUT2D eigenvalue weighted by Crippen LogP contribution is -2.42. The number of amides is 1. The maximum absolute atomic E-state index is 12.7. The first-order valence-corrected chi connectivity index (χ1v) is 12.3. The van der Waals surface area contributed by atoms with Crippen molar-refractivity contribution in [3.05, 3.63) is 83.4 Å². The van der Waals surface area contributed by atoms with Crippen molar-refractivity contribution in [3.8, 4) is 11.1 Å². The molecule has 0 saturated carbocycles. The smallest absolute Gasteiger partial charge is 0.339 e. The van der Waals surface area contributed by atoms with Gasteiger partial charge in [0.2, 0.25) is 5.91 Å². The fourth-order valence-electron chi connectivity index (χ4n) is 4.86. The maximum atomic E-state index is 12.7. The highest BCUT2D eigenvalue weighted by Crippen LogP contribution is 2.37. The Morgan fingerprint density at radius 1 is 0.946 bits per heavy atom. The number of carbonyl (C=O) groups is 3. The SMILES string of the molecule is COC(=O)c1ccccc1NC1CCN(CC(=O)Nc2ccc3c(c2)-c2ccccc2C3=O)CC1.OCl. The van der Waals surface area contributed by atoms with Crippen LogP contribution in [-0.4, -0.2) is 60.0 Å². The molecule has 1 saturated heterocycles. The molecule has 1 amide bonds. The molecule has 0 aromatic heterocycles. The lowest BCUT2D eigenvalue weighted by atomic mass is 10.0. The second kappa shape index (κ2) is 12.0. The molecule has 1 aliphatic heterocycles. The number of likely N-dealkylation sites (tertiary alicyclic amines) is 1. The number of carbonyl (C=O) groups excluding carboxylic acids is 3. The molecule has 37 heavy (non-hydrogen) atoms. The molecule has 1 heterocycles. The normalized spacial score (nSPS) is 14.6. The average molecular weight is 522 g/mol. The zero-order valence-corrected chi connectivity index (χ0v) is 21.1. The lowest BCUT2D eigenvalue weighted by Gasteiger charge is -2.32. The predicted octanol–water partition coefficient (Wildman–Crippen LogP) is 4.33. The summed E-state index contributed by atoms with van der Waals surface area (Å²) in [6, 6.07) is 20.6. The number of nitrogens with zero attached hydrogens (tertiary/aromatic N) is 1. The number of esters is 1. The second-order valence-corrected chi connectivity index (χ2v) is 8.92. The van der Waals surface area contributed by atoms with Gasteiger partial charge in [-0.2, -0.15) is 0 Å². The topological polar surface area (TPSA) is 108 Å². The zero-order chi connectivity index (χ0) is 26.4. The predicted molar refractivity (Wildman–Crippen MR) is 143 cm³/mol.